The van der Waals surface area contributed by atoms with E-state index < -0.39 is 0 Å². The standard InChI is InChI=1S/C16H25ClN2/c1-13(14-5-3-6-15(17)11-14)19(2)10-9-16(12-18)7-4-8-16/h3,5-6,11,13H,4,7-10,12,18H2,1-2H3. The van der Waals surface area contributed by atoms with Crippen LogP contribution in [0.2, 0.25) is 5.02 Å². The number of nitrogens with zero attached hydrogens (tertiary/aromatic N) is 1. The highest BCUT2D eigenvalue weighted by Gasteiger charge is 2.35. The molecule has 1 atom stereocenters. The largest absolute Gasteiger partial charge is 0.330 e. The fourth-order valence-corrected chi connectivity index (χ4v) is 3.06. The normalized spacial score (nSPS) is 19.2. The Morgan fingerprint density at radius 1 is 1.42 bits per heavy atom. The van der Waals surface area contributed by atoms with Gasteiger partial charge in [0.2, 0.25) is 0 Å². The van der Waals surface area contributed by atoms with Crippen LogP contribution in [0.5, 0.6) is 0 Å². The number of hydrogen-bond donors (Lipinski definition) is 1. The summed E-state index contributed by atoms with van der Waals surface area (Å²) in [5.41, 5.74) is 7.64. The molecule has 1 aliphatic carbocycles. The average molecular weight is 281 g/mol. The van der Waals surface area contributed by atoms with E-state index in [1.54, 1.807) is 0 Å². The molecular formula is C16H25ClN2. The Kier molecular flexibility index (Phi) is 4.88. The number of hydrogen-bond acceptors (Lipinski definition) is 2. The van der Waals surface area contributed by atoms with Gasteiger partial charge in [0.15, 0.2) is 0 Å². The molecule has 0 saturated heterocycles. The average Bonchev–Trinajstić information content (AvgIpc) is 2.37. The molecule has 3 heteroatoms. The summed E-state index contributed by atoms with van der Waals surface area (Å²) in [5, 5.41) is 0.815. The lowest BCUT2D eigenvalue weighted by Gasteiger charge is -2.42. The Balaban J connectivity index is 1.90. The van der Waals surface area contributed by atoms with Crippen molar-refractivity contribution in [3.8, 4) is 0 Å². The number of rotatable bonds is 6. The summed E-state index contributed by atoms with van der Waals surface area (Å²) in [6.07, 6.45) is 5.18. The Hall–Kier alpha value is -0.570. The van der Waals surface area contributed by atoms with Crippen LogP contribution < -0.4 is 5.73 Å². The van der Waals surface area contributed by atoms with Crippen molar-refractivity contribution < 1.29 is 0 Å². The van der Waals surface area contributed by atoms with Crippen molar-refractivity contribution in [2.24, 2.45) is 11.1 Å². The first kappa shape index (κ1) is 14.8. The van der Waals surface area contributed by atoms with E-state index in [-0.39, 0.29) is 0 Å². The number of halogens is 1. The highest BCUT2D eigenvalue weighted by atomic mass is 35.5. The highest BCUT2D eigenvalue weighted by Crippen LogP contribution is 2.43. The predicted octanol–water partition coefficient (Wildman–Crippen LogP) is 3.85. The molecule has 0 radical (unpaired) electrons. The molecule has 1 unspecified atom stereocenters. The monoisotopic (exact) mass is 280 g/mol. The molecule has 2 rings (SSSR count). The molecule has 0 spiro atoms. The van der Waals surface area contributed by atoms with Crippen molar-refractivity contribution in [2.45, 2.75) is 38.6 Å². The fourth-order valence-electron chi connectivity index (χ4n) is 2.86. The summed E-state index contributed by atoms with van der Waals surface area (Å²) in [7, 11) is 2.19. The summed E-state index contributed by atoms with van der Waals surface area (Å²) in [4.78, 5) is 2.40. The minimum atomic E-state index is 0.397. The zero-order valence-electron chi connectivity index (χ0n) is 12.0. The van der Waals surface area contributed by atoms with Gasteiger partial charge >= 0.3 is 0 Å². The third-order valence-electron chi connectivity index (χ3n) is 4.83. The molecule has 1 aliphatic rings. The lowest BCUT2D eigenvalue weighted by Crippen LogP contribution is -2.40. The van der Waals surface area contributed by atoms with Crippen LogP contribution in [0.4, 0.5) is 0 Å². The maximum absolute atomic E-state index is 6.06. The van der Waals surface area contributed by atoms with Crippen LogP contribution in [0.3, 0.4) is 0 Å². The van der Waals surface area contributed by atoms with E-state index >= 15 is 0 Å². The van der Waals surface area contributed by atoms with Gasteiger partial charge in [-0.3, -0.25) is 4.90 Å². The number of nitrogens with two attached hydrogens (primary N) is 1. The van der Waals surface area contributed by atoms with Crippen molar-refractivity contribution in [1.29, 1.82) is 0 Å². The fraction of sp³-hybridized carbons (Fsp3) is 0.625. The van der Waals surface area contributed by atoms with Crippen LogP contribution in [0.15, 0.2) is 24.3 Å². The Morgan fingerprint density at radius 2 is 2.16 bits per heavy atom. The molecule has 106 valence electrons. The van der Waals surface area contributed by atoms with Crippen molar-refractivity contribution >= 4 is 11.6 Å². The van der Waals surface area contributed by atoms with Crippen LogP contribution in [0, 0.1) is 5.41 Å². The van der Waals surface area contributed by atoms with Gasteiger partial charge in [-0.05, 0) is 69.4 Å². The first-order chi connectivity index (χ1) is 9.06. The molecule has 1 aromatic carbocycles. The summed E-state index contributed by atoms with van der Waals surface area (Å²) in [6.45, 7) is 4.18. The minimum absolute atomic E-state index is 0.397. The van der Waals surface area contributed by atoms with E-state index in [0.29, 0.717) is 11.5 Å². The zero-order chi connectivity index (χ0) is 13.9. The lowest BCUT2D eigenvalue weighted by atomic mass is 9.66. The Bertz CT molecular complexity index is 409. The first-order valence-corrected chi connectivity index (χ1v) is 7.60. The highest BCUT2D eigenvalue weighted by molar-refractivity contribution is 6.30. The van der Waals surface area contributed by atoms with Crippen LogP contribution in [-0.4, -0.2) is 25.0 Å². The van der Waals surface area contributed by atoms with E-state index in [1.165, 1.54) is 31.2 Å². The molecule has 0 aliphatic heterocycles. The molecule has 19 heavy (non-hydrogen) atoms. The Morgan fingerprint density at radius 3 is 2.68 bits per heavy atom. The van der Waals surface area contributed by atoms with E-state index in [2.05, 4.69) is 31.0 Å². The van der Waals surface area contributed by atoms with Crippen LogP contribution in [0.25, 0.3) is 0 Å². The van der Waals surface area contributed by atoms with Crippen molar-refractivity contribution in [1.82, 2.24) is 4.90 Å². The van der Waals surface area contributed by atoms with Crippen molar-refractivity contribution in [3.63, 3.8) is 0 Å². The maximum Gasteiger partial charge on any atom is 0.0409 e. The first-order valence-electron chi connectivity index (χ1n) is 7.22. The second kappa shape index (κ2) is 6.25. The van der Waals surface area contributed by atoms with Crippen LogP contribution in [0.1, 0.15) is 44.2 Å². The van der Waals surface area contributed by atoms with Crippen molar-refractivity contribution in [2.75, 3.05) is 20.1 Å². The molecule has 2 N–H and O–H groups in total. The van der Waals surface area contributed by atoms with Gasteiger partial charge in [0, 0.05) is 11.1 Å². The second-order valence-electron chi connectivity index (χ2n) is 6.02. The maximum atomic E-state index is 6.06. The Labute approximate surface area is 121 Å². The van der Waals surface area contributed by atoms with E-state index in [1.807, 2.05) is 12.1 Å². The van der Waals surface area contributed by atoms with E-state index in [0.717, 1.165) is 18.1 Å². The van der Waals surface area contributed by atoms with Gasteiger partial charge in [0.25, 0.3) is 0 Å². The number of benzene rings is 1. The van der Waals surface area contributed by atoms with Crippen LogP contribution in [-0.2, 0) is 0 Å². The van der Waals surface area contributed by atoms with Gasteiger partial charge in [0.1, 0.15) is 0 Å². The van der Waals surface area contributed by atoms with E-state index in [9.17, 15) is 0 Å². The second-order valence-corrected chi connectivity index (χ2v) is 6.46. The molecule has 1 aromatic rings. The molecule has 0 amide bonds. The van der Waals surface area contributed by atoms with Gasteiger partial charge < -0.3 is 5.73 Å². The molecule has 0 heterocycles. The van der Waals surface area contributed by atoms with Gasteiger partial charge in [-0.2, -0.15) is 0 Å². The molecule has 2 nitrogen and oxygen atoms in total. The molecule has 0 aromatic heterocycles. The van der Waals surface area contributed by atoms with Gasteiger partial charge in [-0.15, -0.1) is 0 Å². The quantitative estimate of drug-likeness (QED) is 0.858. The summed E-state index contributed by atoms with van der Waals surface area (Å²) < 4.78 is 0. The van der Waals surface area contributed by atoms with Gasteiger partial charge in [-0.25, -0.2) is 0 Å². The van der Waals surface area contributed by atoms with Crippen molar-refractivity contribution in [3.05, 3.63) is 34.9 Å². The van der Waals surface area contributed by atoms with Gasteiger partial charge in [0.05, 0.1) is 0 Å². The SMILES string of the molecule is CC(c1cccc(Cl)c1)N(C)CCC1(CN)CCC1. The molecule has 1 fully saturated rings. The third-order valence-corrected chi connectivity index (χ3v) is 5.07. The zero-order valence-corrected chi connectivity index (χ0v) is 12.8. The van der Waals surface area contributed by atoms with Crippen LogP contribution >= 0.6 is 11.6 Å². The lowest BCUT2D eigenvalue weighted by molar-refractivity contribution is 0.103. The molecular weight excluding hydrogens is 256 g/mol. The molecule has 1 saturated carbocycles. The third kappa shape index (κ3) is 3.50. The predicted molar refractivity (Wildman–Crippen MR) is 82.5 cm³/mol. The summed E-state index contributed by atoms with van der Waals surface area (Å²) in [6, 6.07) is 8.55. The molecule has 0 bridgehead atoms. The van der Waals surface area contributed by atoms with E-state index in [4.69, 9.17) is 17.3 Å². The smallest absolute Gasteiger partial charge is 0.0409 e. The topological polar surface area (TPSA) is 29.3 Å². The minimum Gasteiger partial charge on any atom is -0.330 e. The summed E-state index contributed by atoms with van der Waals surface area (Å²) in [5.74, 6) is 0. The summed E-state index contributed by atoms with van der Waals surface area (Å²) >= 11 is 6.06. The van der Waals surface area contributed by atoms with Gasteiger partial charge in [-0.1, -0.05) is 30.2 Å².